The zero-order valence-corrected chi connectivity index (χ0v) is 14.4. The maximum atomic E-state index is 5.28. The van der Waals surface area contributed by atoms with Gasteiger partial charge in [0.1, 0.15) is 5.82 Å². The predicted octanol–water partition coefficient (Wildman–Crippen LogP) is 2.59. The minimum Gasteiger partial charge on any atom is -0.461 e. The Bertz CT molecular complexity index is 762. The summed E-state index contributed by atoms with van der Waals surface area (Å²) in [5, 5.41) is 17.9. The second-order valence-corrected chi connectivity index (χ2v) is 6.13. The number of aromatic nitrogens is 3. The Kier molecular flexibility index (Phi) is 5.27. The van der Waals surface area contributed by atoms with Gasteiger partial charge in [0, 0.05) is 13.6 Å². The fourth-order valence-electron chi connectivity index (χ4n) is 2.20. The van der Waals surface area contributed by atoms with Crippen LogP contribution in [-0.2, 0) is 6.54 Å². The van der Waals surface area contributed by atoms with Gasteiger partial charge in [0.15, 0.2) is 11.7 Å². The smallest absolute Gasteiger partial charge is 0.216 e. The third-order valence-electron chi connectivity index (χ3n) is 3.61. The highest BCUT2D eigenvalue weighted by molar-refractivity contribution is 7.07. The van der Waals surface area contributed by atoms with Crippen LogP contribution in [0, 0.1) is 0 Å². The lowest BCUT2D eigenvalue weighted by Crippen LogP contribution is -2.38. The molecule has 0 amide bonds. The van der Waals surface area contributed by atoms with E-state index in [1.807, 2.05) is 12.1 Å². The number of hydrogen-bond acceptors (Lipinski definition) is 5. The highest BCUT2D eigenvalue weighted by Crippen LogP contribution is 2.17. The maximum Gasteiger partial charge on any atom is 0.216 e. The van der Waals surface area contributed by atoms with Gasteiger partial charge >= 0.3 is 0 Å². The van der Waals surface area contributed by atoms with Crippen LogP contribution in [0.4, 0.5) is 0 Å². The zero-order valence-electron chi connectivity index (χ0n) is 13.6. The second kappa shape index (κ2) is 7.78. The molecule has 0 radical (unpaired) electrons. The van der Waals surface area contributed by atoms with Crippen LogP contribution in [0.3, 0.4) is 0 Å². The van der Waals surface area contributed by atoms with E-state index in [2.05, 4.69) is 54.6 Å². The first kappa shape index (κ1) is 16.3. The topological polar surface area (TPSA) is 91.1 Å². The predicted molar refractivity (Wildman–Crippen MR) is 95.0 cm³/mol. The minimum absolute atomic E-state index is 0.422. The number of nitrogens with one attached hydrogen (secondary N) is 3. The molecule has 1 unspecified atom stereocenters. The lowest BCUT2D eigenvalue weighted by molar-refractivity contribution is 0.577. The van der Waals surface area contributed by atoms with E-state index in [-0.39, 0.29) is 0 Å². The molecular formula is C16H20N6OS. The number of guanidine groups is 1. The number of nitrogens with zero attached hydrogens (tertiary/aromatic N) is 3. The van der Waals surface area contributed by atoms with Crippen molar-refractivity contribution in [2.24, 2.45) is 4.99 Å². The Hall–Kier alpha value is -2.61. The van der Waals surface area contributed by atoms with Gasteiger partial charge in [-0.2, -0.15) is 11.3 Å². The molecule has 0 aliphatic heterocycles. The maximum absolute atomic E-state index is 5.28. The molecule has 3 aromatic heterocycles. The van der Waals surface area contributed by atoms with Gasteiger partial charge in [0.05, 0.1) is 12.8 Å². The molecule has 3 rings (SSSR count). The fraction of sp³-hybridized carbons (Fsp3) is 0.312. The van der Waals surface area contributed by atoms with Gasteiger partial charge in [-0.25, -0.2) is 4.98 Å². The molecule has 0 saturated heterocycles. The number of H-pyrrole nitrogens is 1. The monoisotopic (exact) mass is 344 g/mol. The highest BCUT2D eigenvalue weighted by Gasteiger charge is 2.10. The summed E-state index contributed by atoms with van der Waals surface area (Å²) in [5.74, 6) is 3.06. The summed E-state index contributed by atoms with van der Waals surface area (Å²) in [4.78, 5) is 8.62. The van der Waals surface area contributed by atoms with Crippen molar-refractivity contribution >= 4 is 17.3 Å². The van der Waals surface area contributed by atoms with E-state index in [1.54, 1.807) is 24.6 Å². The zero-order chi connectivity index (χ0) is 16.8. The van der Waals surface area contributed by atoms with Crippen LogP contribution in [-0.4, -0.2) is 34.7 Å². The van der Waals surface area contributed by atoms with Gasteiger partial charge in [0.25, 0.3) is 0 Å². The molecule has 0 aromatic carbocycles. The quantitative estimate of drug-likeness (QED) is 0.472. The normalized spacial score (nSPS) is 13.0. The van der Waals surface area contributed by atoms with Crippen LogP contribution in [0.15, 0.2) is 44.6 Å². The molecule has 126 valence electrons. The summed E-state index contributed by atoms with van der Waals surface area (Å²) in [6.07, 6.45) is 1.60. The number of aromatic amines is 1. The summed E-state index contributed by atoms with van der Waals surface area (Å²) in [7, 11) is 1.75. The molecule has 0 bridgehead atoms. The SMILES string of the molecule is CN=C(NCc1nc(-c2ccco2)n[nH]1)NCC(C)c1ccsc1. The molecule has 0 fully saturated rings. The van der Waals surface area contributed by atoms with Crippen LogP contribution >= 0.6 is 11.3 Å². The van der Waals surface area contributed by atoms with E-state index in [1.165, 1.54) is 5.56 Å². The number of aliphatic imine (C=N–C) groups is 1. The standard InChI is InChI=1S/C16H20N6OS/c1-11(12-5-7-24-10-12)8-18-16(17-2)19-9-14-20-15(22-21-14)13-4-3-6-23-13/h3-7,10-11H,8-9H2,1-2H3,(H2,17,18,19)(H,20,21,22). The molecule has 8 heteroatoms. The van der Waals surface area contributed by atoms with E-state index in [0.717, 1.165) is 18.3 Å². The molecule has 3 aromatic rings. The van der Waals surface area contributed by atoms with E-state index in [0.29, 0.717) is 24.0 Å². The third-order valence-corrected chi connectivity index (χ3v) is 4.31. The van der Waals surface area contributed by atoms with E-state index >= 15 is 0 Å². The van der Waals surface area contributed by atoms with Crippen molar-refractivity contribution in [3.63, 3.8) is 0 Å². The minimum atomic E-state index is 0.422. The molecular weight excluding hydrogens is 324 g/mol. The number of hydrogen-bond donors (Lipinski definition) is 3. The Morgan fingerprint density at radius 3 is 3.04 bits per heavy atom. The van der Waals surface area contributed by atoms with Crippen LogP contribution in [0.1, 0.15) is 24.2 Å². The highest BCUT2D eigenvalue weighted by atomic mass is 32.1. The van der Waals surface area contributed by atoms with Crippen LogP contribution < -0.4 is 10.6 Å². The Morgan fingerprint density at radius 1 is 1.42 bits per heavy atom. The van der Waals surface area contributed by atoms with Gasteiger partial charge in [-0.05, 0) is 40.4 Å². The molecule has 3 heterocycles. The third kappa shape index (κ3) is 4.02. The Balaban J connectivity index is 1.49. The van der Waals surface area contributed by atoms with E-state index < -0.39 is 0 Å². The summed E-state index contributed by atoms with van der Waals surface area (Å²) in [6, 6.07) is 5.79. The van der Waals surface area contributed by atoms with Crippen LogP contribution in [0.25, 0.3) is 11.6 Å². The van der Waals surface area contributed by atoms with Crippen molar-refractivity contribution in [2.45, 2.75) is 19.4 Å². The van der Waals surface area contributed by atoms with Crippen molar-refractivity contribution in [2.75, 3.05) is 13.6 Å². The van der Waals surface area contributed by atoms with Gasteiger partial charge < -0.3 is 15.1 Å². The van der Waals surface area contributed by atoms with Gasteiger partial charge in [-0.15, -0.1) is 5.10 Å². The molecule has 1 atom stereocenters. The lowest BCUT2D eigenvalue weighted by atomic mass is 10.1. The van der Waals surface area contributed by atoms with Gasteiger partial charge in [-0.1, -0.05) is 6.92 Å². The summed E-state index contributed by atoms with van der Waals surface area (Å²) < 4.78 is 5.28. The van der Waals surface area contributed by atoms with Crippen molar-refractivity contribution in [3.8, 4) is 11.6 Å². The van der Waals surface area contributed by atoms with E-state index in [9.17, 15) is 0 Å². The fourth-order valence-corrected chi connectivity index (χ4v) is 2.98. The summed E-state index contributed by atoms with van der Waals surface area (Å²) in [5.41, 5.74) is 1.33. The Labute approximate surface area is 144 Å². The van der Waals surface area contributed by atoms with Gasteiger partial charge in [0.2, 0.25) is 5.82 Å². The van der Waals surface area contributed by atoms with Crippen LogP contribution in [0.2, 0.25) is 0 Å². The molecule has 0 saturated carbocycles. The molecule has 7 nitrogen and oxygen atoms in total. The molecule has 24 heavy (non-hydrogen) atoms. The first-order valence-corrected chi connectivity index (χ1v) is 8.62. The molecule has 0 aliphatic carbocycles. The Morgan fingerprint density at radius 2 is 2.33 bits per heavy atom. The van der Waals surface area contributed by atoms with Crippen molar-refractivity contribution < 1.29 is 4.42 Å². The first-order chi connectivity index (χ1) is 11.8. The van der Waals surface area contributed by atoms with Gasteiger partial charge in [-0.3, -0.25) is 10.1 Å². The molecule has 3 N–H and O–H groups in total. The largest absolute Gasteiger partial charge is 0.461 e. The average molecular weight is 344 g/mol. The summed E-state index contributed by atoms with van der Waals surface area (Å²) in [6.45, 7) is 3.50. The van der Waals surface area contributed by atoms with Crippen LogP contribution in [0.5, 0.6) is 0 Å². The molecule has 0 spiro atoms. The number of rotatable bonds is 6. The number of thiophene rings is 1. The van der Waals surface area contributed by atoms with Crippen molar-refractivity contribution in [1.82, 2.24) is 25.8 Å². The first-order valence-electron chi connectivity index (χ1n) is 7.68. The van der Waals surface area contributed by atoms with Crippen molar-refractivity contribution in [1.29, 1.82) is 0 Å². The molecule has 0 aliphatic rings. The average Bonchev–Trinajstić information content (AvgIpc) is 3.35. The van der Waals surface area contributed by atoms with Crippen molar-refractivity contribution in [3.05, 3.63) is 46.6 Å². The van der Waals surface area contributed by atoms with E-state index in [4.69, 9.17) is 4.42 Å². The number of furan rings is 1. The summed E-state index contributed by atoms with van der Waals surface area (Å²) >= 11 is 1.72. The lowest BCUT2D eigenvalue weighted by Gasteiger charge is -2.14. The second-order valence-electron chi connectivity index (χ2n) is 5.35.